The standard InChI is InChI=1S/C12H12F2/c1-9(11-8-12(11,13)14)7-10-5-3-2-4-6-10/h2-7,11H,8H2,1H3/b9-7+. The fraction of sp³-hybridized carbons (Fsp3) is 0.333. The van der Waals surface area contributed by atoms with Crippen molar-refractivity contribution in [1.82, 2.24) is 0 Å². The summed E-state index contributed by atoms with van der Waals surface area (Å²) in [7, 11) is 0. The summed E-state index contributed by atoms with van der Waals surface area (Å²) in [6, 6.07) is 9.57. The molecule has 0 aliphatic heterocycles. The SMILES string of the molecule is C/C(=C\c1ccccc1)C1CC1(F)F. The molecule has 0 spiro atoms. The van der Waals surface area contributed by atoms with Crippen molar-refractivity contribution in [2.45, 2.75) is 19.3 Å². The van der Waals surface area contributed by atoms with Crippen LogP contribution in [0.2, 0.25) is 0 Å². The first kappa shape index (κ1) is 9.38. The van der Waals surface area contributed by atoms with Crippen LogP contribution in [0.15, 0.2) is 35.9 Å². The molecule has 0 radical (unpaired) electrons. The van der Waals surface area contributed by atoms with Gasteiger partial charge in [-0.1, -0.05) is 42.0 Å². The fourth-order valence-corrected chi connectivity index (χ4v) is 1.62. The van der Waals surface area contributed by atoms with Crippen LogP contribution in [0.1, 0.15) is 18.9 Å². The van der Waals surface area contributed by atoms with Crippen LogP contribution in [0.3, 0.4) is 0 Å². The Hall–Kier alpha value is -1.18. The van der Waals surface area contributed by atoms with Gasteiger partial charge in [-0.05, 0) is 12.5 Å². The molecule has 0 heterocycles. The lowest BCUT2D eigenvalue weighted by atomic mass is 10.1. The van der Waals surface area contributed by atoms with Crippen LogP contribution >= 0.6 is 0 Å². The van der Waals surface area contributed by atoms with Crippen LogP contribution in [0, 0.1) is 5.92 Å². The first-order valence-corrected chi connectivity index (χ1v) is 4.71. The van der Waals surface area contributed by atoms with E-state index in [1.807, 2.05) is 36.4 Å². The minimum Gasteiger partial charge on any atom is -0.206 e. The van der Waals surface area contributed by atoms with Crippen molar-refractivity contribution in [3.05, 3.63) is 41.5 Å². The van der Waals surface area contributed by atoms with Gasteiger partial charge in [-0.15, -0.1) is 0 Å². The Balaban J connectivity index is 2.13. The third-order valence-electron chi connectivity index (χ3n) is 2.57. The zero-order chi connectivity index (χ0) is 10.2. The molecular weight excluding hydrogens is 182 g/mol. The summed E-state index contributed by atoms with van der Waals surface area (Å²) in [5, 5.41) is 0. The second kappa shape index (κ2) is 3.19. The lowest BCUT2D eigenvalue weighted by molar-refractivity contribution is 0.106. The van der Waals surface area contributed by atoms with Gasteiger partial charge in [-0.2, -0.15) is 0 Å². The van der Waals surface area contributed by atoms with Gasteiger partial charge >= 0.3 is 0 Å². The van der Waals surface area contributed by atoms with E-state index < -0.39 is 11.8 Å². The van der Waals surface area contributed by atoms with E-state index in [9.17, 15) is 8.78 Å². The topological polar surface area (TPSA) is 0 Å². The molecule has 74 valence electrons. The quantitative estimate of drug-likeness (QED) is 0.672. The molecule has 0 aromatic heterocycles. The van der Waals surface area contributed by atoms with E-state index in [2.05, 4.69) is 0 Å². The van der Waals surface area contributed by atoms with Crippen molar-refractivity contribution in [2.75, 3.05) is 0 Å². The Morgan fingerprint density at radius 2 is 1.93 bits per heavy atom. The second-order valence-corrected chi connectivity index (χ2v) is 3.82. The minimum absolute atomic E-state index is 0.0160. The van der Waals surface area contributed by atoms with Crippen molar-refractivity contribution >= 4 is 6.08 Å². The van der Waals surface area contributed by atoms with Gasteiger partial charge in [0.1, 0.15) is 0 Å². The van der Waals surface area contributed by atoms with E-state index >= 15 is 0 Å². The van der Waals surface area contributed by atoms with Crippen molar-refractivity contribution in [2.24, 2.45) is 5.92 Å². The Kier molecular flexibility index (Phi) is 2.14. The molecule has 14 heavy (non-hydrogen) atoms. The molecule has 0 bridgehead atoms. The fourth-order valence-electron chi connectivity index (χ4n) is 1.62. The average Bonchev–Trinajstić information content (AvgIpc) is 2.77. The van der Waals surface area contributed by atoms with Gasteiger partial charge in [0.2, 0.25) is 0 Å². The van der Waals surface area contributed by atoms with Gasteiger partial charge in [-0.25, -0.2) is 8.78 Å². The van der Waals surface area contributed by atoms with E-state index in [0.717, 1.165) is 11.1 Å². The lowest BCUT2D eigenvalue weighted by Crippen LogP contribution is -1.94. The zero-order valence-electron chi connectivity index (χ0n) is 8.00. The summed E-state index contributed by atoms with van der Waals surface area (Å²) in [6.07, 6.45) is 1.85. The molecule has 1 fully saturated rings. The summed E-state index contributed by atoms with van der Waals surface area (Å²) < 4.78 is 25.4. The number of hydrogen-bond acceptors (Lipinski definition) is 0. The molecule has 1 aliphatic carbocycles. The van der Waals surface area contributed by atoms with Crippen molar-refractivity contribution in [1.29, 1.82) is 0 Å². The largest absolute Gasteiger partial charge is 0.255 e. The molecule has 1 unspecified atom stereocenters. The first-order chi connectivity index (χ1) is 6.59. The third kappa shape index (κ3) is 1.84. The van der Waals surface area contributed by atoms with Crippen molar-refractivity contribution in [3.8, 4) is 0 Å². The van der Waals surface area contributed by atoms with Crippen LogP contribution in [-0.2, 0) is 0 Å². The minimum atomic E-state index is -2.45. The molecular formula is C12H12F2. The second-order valence-electron chi connectivity index (χ2n) is 3.82. The van der Waals surface area contributed by atoms with Crippen LogP contribution < -0.4 is 0 Å². The highest BCUT2D eigenvalue weighted by Crippen LogP contribution is 2.52. The van der Waals surface area contributed by atoms with Crippen LogP contribution in [0.5, 0.6) is 0 Å². The van der Waals surface area contributed by atoms with Gasteiger partial charge in [0.15, 0.2) is 0 Å². The Labute approximate surface area is 82.3 Å². The molecule has 2 rings (SSSR count). The molecule has 1 aromatic rings. The number of halogens is 2. The number of benzene rings is 1. The molecule has 0 amide bonds. The Morgan fingerprint density at radius 3 is 2.43 bits per heavy atom. The van der Waals surface area contributed by atoms with Crippen LogP contribution in [-0.4, -0.2) is 5.92 Å². The van der Waals surface area contributed by atoms with E-state index in [0.29, 0.717) is 0 Å². The van der Waals surface area contributed by atoms with Gasteiger partial charge < -0.3 is 0 Å². The van der Waals surface area contributed by atoms with Gasteiger partial charge in [0.25, 0.3) is 5.92 Å². The predicted molar refractivity (Wildman–Crippen MR) is 53.1 cm³/mol. The highest BCUT2D eigenvalue weighted by atomic mass is 19.3. The lowest BCUT2D eigenvalue weighted by Gasteiger charge is -1.99. The van der Waals surface area contributed by atoms with E-state index in [1.54, 1.807) is 6.92 Å². The highest BCUT2D eigenvalue weighted by Gasteiger charge is 2.57. The maximum atomic E-state index is 12.7. The summed E-state index contributed by atoms with van der Waals surface area (Å²) in [6.45, 7) is 1.78. The Morgan fingerprint density at radius 1 is 1.36 bits per heavy atom. The summed E-state index contributed by atoms with van der Waals surface area (Å²) >= 11 is 0. The first-order valence-electron chi connectivity index (χ1n) is 4.71. The predicted octanol–water partition coefficient (Wildman–Crippen LogP) is 3.75. The van der Waals surface area contributed by atoms with Gasteiger partial charge in [0, 0.05) is 12.3 Å². The van der Waals surface area contributed by atoms with Crippen LogP contribution in [0.25, 0.3) is 6.08 Å². The normalized spacial score (nSPS) is 24.8. The third-order valence-corrected chi connectivity index (χ3v) is 2.57. The molecule has 1 saturated carbocycles. The number of alkyl halides is 2. The van der Waals surface area contributed by atoms with E-state index in [-0.39, 0.29) is 6.42 Å². The van der Waals surface area contributed by atoms with E-state index in [1.165, 1.54) is 0 Å². The highest BCUT2D eigenvalue weighted by molar-refractivity contribution is 5.54. The number of allylic oxidation sites excluding steroid dienone is 1. The summed E-state index contributed by atoms with van der Waals surface area (Å²) in [4.78, 5) is 0. The molecule has 1 aromatic carbocycles. The summed E-state index contributed by atoms with van der Waals surface area (Å²) in [5.41, 5.74) is 1.77. The zero-order valence-corrected chi connectivity index (χ0v) is 8.00. The Bertz CT molecular complexity index is 352. The van der Waals surface area contributed by atoms with Crippen LogP contribution in [0.4, 0.5) is 8.78 Å². The summed E-state index contributed by atoms with van der Waals surface area (Å²) in [5.74, 6) is -2.97. The molecule has 1 aliphatic rings. The number of rotatable bonds is 2. The average molecular weight is 194 g/mol. The molecule has 1 atom stereocenters. The monoisotopic (exact) mass is 194 g/mol. The number of hydrogen-bond donors (Lipinski definition) is 0. The van der Waals surface area contributed by atoms with Crippen molar-refractivity contribution in [3.63, 3.8) is 0 Å². The maximum Gasteiger partial charge on any atom is 0.255 e. The molecule has 0 nitrogen and oxygen atoms in total. The van der Waals surface area contributed by atoms with Crippen molar-refractivity contribution < 1.29 is 8.78 Å². The molecule has 0 N–H and O–H groups in total. The maximum absolute atomic E-state index is 12.7. The van der Waals surface area contributed by atoms with Gasteiger partial charge in [-0.3, -0.25) is 0 Å². The molecule has 2 heteroatoms. The van der Waals surface area contributed by atoms with E-state index in [4.69, 9.17) is 0 Å². The molecule has 0 saturated heterocycles. The van der Waals surface area contributed by atoms with Gasteiger partial charge in [0.05, 0.1) is 0 Å². The smallest absolute Gasteiger partial charge is 0.206 e.